The maximum atomic E-state index is 12.6. The summed E-state index contributed by atoms with van der Waals surface area (Å²) < 4.78 is 120. The van der Waals surface area contributed by atoms with Gasteiger partial charge in [0.15, 0.2) is 37.7 Å². The van der Waals surface area contributed by atoms with Crippen molar-refractivity contribution >= 4 is 10.4 Å². The summed E-state index contributed by atoms with van der Waals surface area (Å²) in [6, 6.07) is 0. The van der Waals surface area contributed by atoms with Crippen LogP contribution in [0.1, 0.15) is 107 Å². The second kappa shape index (κ2) is 29.4. The maximum absolute atomic E-state index is 12.6. The minimum absolute atomic E-state index is 0.0268. The highest BCUT2D eigenvalue weighted by Gasteiger charge is 2.67. The first-order chi connectivity index (χ1) is 45.4. The Balaban J connectivity index is 0.864. The zero-order chi connectivity index (χ0) is 70.8. The lowest BCUT2D eigenvalue weighted by Crippen LogP contribution is -2.68. The molecule has 41 atom stereocenters. The molecule has 11 aliphatic rings. The Hall–Kier alpha value is -1.55. The normalized spacial score (nSPS) is 53.7. The lowest BCUT2D eigenvalue weighted by molar-refractivity contribution is -0.406. The molecule has 7 heterocycles. The molecule has 0 unspecified atom stereocenters. The van der Waals surface area contributed by atoms with Crippen molar-refractivity contribution in [3.8, 4) is 0 Å². The number of ether oxygens (including phenoxy) is 13. The summed E-state index contributed by atoms with van der Waals surface area (Å²) in [7, 11) is -4.91. The first-order valence-electron chi connectivity index (χ1n) is 34.1. The Morgan fingerprint density at radius 1 is 0.546 bits per heavy atom. The SMILES string of the molecule is CC(C)[C@H](C)[C@H]1O[C@H]1[C@](C)(O)[C@H]1CC[C@H]2[C@@H]3C[C@H](O[C@@H]4O[C@H](C)[C@@H](O)[C@H](O[C@@H]5OC[C@@H](O[C@@H]6O[C@H](CO)[C@@H](O[C@@H]7O[C@H](CO)[C@H](O)[C@H](O)[C@H]7O)[C@H](O)[C@H]6O[C@@H]6O[C@H](C)[C@H](O)[C@H](O)[C@H]6O)[C@H](O)[C@H]5O[C@@H]5O[C@H](C)[C@@H](O)[C@H](O)[C@H]5O)[C@H]4O)[C@H]4C[C@@H](OS(=O)(=O)O)CC[C@]4(C)C3=CC[C@]12C. The monoisotopic (exact) mass is 1420 g/mol. The second-order valence-electron chi connectivity index (χ2n) is 30.2. The summed E-state index contributed by atoms with van der Waals surface area (Å²) in [4.78, 5) is 0. The Bertz CT molecular complexity index is 2790. The van der Waals surface area contributed by atoms with E-state index in [-0.39, 0.29) is 48.7 Å². The van der Waals surface area contributed by atoms with Gasteiger partial charge in [0.25, 0.3) is 0 Å². The number of fused-ring (bicyclic) bond motifs is 5. The molecule has 0 aromatic heterocycles. The molecule has 0 amide bonds. The smallest absolute Gasteiger partial charge is 0.394 e. The van der Waals surface area contributed by atoms with E-state index >= 15 is 0 Å². The largest absolute Gasteiger partial charge is 0.397 e. The van der Waals surface area contributed by atoms with Gasteiger partial charge in [-0.25, -0.2) is 4.18 Å². The van der Waals surface area contributed by atoms with E-state index in [9.17, 15) is 94.7 Å². The number of epoxide rings is 1. The summed E-state index contributed by atoms with van der Waals surface area (Å²) >= 11 is 0. The highest BCUT2D eigenvalue weighted by atomic mass is 32.3. The van der Waals surface area contributed by atoms with Crippen molar-refractivity contribution in [2.24, 2.45) is 46.3 Å². The third kappa shape index (κ3) is 14.6. The first-order valence-corrected chi connectivity index (χ1v) is 35.4. The molecule has 560 valence electrons. The van der Waals surface area contributed by atoms with Crippen molar-refractivity contribution in [1.29, 1.82) is 0 Å². The van der Waals surface area contributed by atoms with Crippen molar-refractivity contribution in [2.75, 3.05) is 19.8 Å². The first kappa shape index (κ1) is 76.6. The standard InChI is InChI=1S/C63H104O33S/c1-21(2)22(3)49-54(91-49)63(9,79)35-11-10-28-27-17-31(30-16-26(96-97(80,81)82)12-14-61(30,7)29(27)13-15-62(28,35)8)87-58-48(78)51(38(68)25(6)86-58)93-59-52(94-55-44(74)41(71)36(66)23(4)84-55)40(70)34(20-83-59)90-60-53(95-56-45(75)42(72)37(67)24(5)85-56)47(77)50(33(19-65)89-60)92-57-46(76)43(73)39(69)32(18-64)88-57/h13,21-28,30-60,64-79H,10-12,14-20H2,1-9H3,(H,80,81,82)/t22-,23+,24+,25+,26-,27-,28-,30+,31-,32+,33+,34+,35-,36+,37-,38+,39-,40-,41-,42-,43-,44+,45+,46+,47-,48+,49+,50+,51-,52+,53+,54+,55-,56-,57-,58-,59-,60-,61+,62-,63+/m0/s1. The van der Waals surface area contributed by atoms with Crippen LogP contribution in [0.4, 0.5) is 0 Å². The van der Waals surface area contributed by atoms with Crippen LogP contribution in [0.25, 0.3) is 0 Å². The molecule has 11 rings (SSSR count). The summed E-state index contributed by atoms with van der Waals surface area (Å²) in [5, 5.41) is 180. The van der Waals surface area contributed by atoms with Crippen LogP contribution < -0.4 is 0 Å². The number of allylic oxidation sites excluding steroid dienone is 2. The van der Waals surface area contributed by atoms with Crippen LogP contribution in [-0.2, 0) is 76.2 Å². The lowest BCUT2D eigenvalue weighted by atomic mass is 9.47. The quantitative estimate of drug-likeness (QED) is 0.0309. The van der Waals surface area contributed by atoms with E-state index in [4.69, 9.17) is 65.8 Å². The zero-order valence-corrected chi connectivity index (χ0v) is 56.5. The van der Waals surface area contributed by atoms with Crippen molar-refractivity contribution < 1.29 is 160 Å². The predicted octanol–water partition coefficient (Wildman–Crippen LogP) is -4.80. The number of hydrogen-bond donors (Lipinski definition) is 17. The predicted molar refractivity (Wildman–Crippen MR) is 322 cm³/mol. The van der Waals surface area contributed by atoms with Crippen LogP contribution in [-0.4, -0.2) is 323 Å². The average molecular weight is 1420 g/mol. The number of aliphatic hydroxyl groups is 16. The Labute approximate surface area is 562 Å². The highest BCUT2D eigenvalue weighted by Crippen LogP contribution is 2.68. The topological polar surface area (TPSA) is 511 Å². The minimum atomic E-state index is -4.91. The van der Waals surface area contributed by atoms with Crippen molar-refractivity contribution in [3.05, 3.63) is 11.6 Å². The van der Waals surface area contributed by atoms with E-state index in [1.165, 1.54) is 26.3 Å². The van der Waals surface area contributed by atoms with Crippen LogP contribution >= 0.6 is 0 Å². The Morgan fingerprint density at radius 3 is 1.64 bits per heavy atom. The van der Waals surface area contributed by atoms with Gasteiger partial charge in [-0.3, -0.25) is 4.55 Å². The molecule has 33 nitrogen and oxygen atoms in total. The molecule has 0 aromatic rings. The Morgan fingerprint density at radius 2 is 1.06 bits per heavy atom. The van der Waals surface area contributed by atoms with Crippen LogP contribution in [0, 0.1) is 46.3 Å². The van der Waals surface area contributed by atoms with Crippen LogP contribution in [0.3, 0.4) is 0 Å². The minimum Gasteiger partial charge on any atom is -0.394 e. The van der Waals surface area contributed by atoms with Gasteiger partial charge in [-0.05, 0) is 119 Å². The molecule has 34 heteroatoms. The fourth-order valence-electron chi connectivity index (χ4n) is 17.7. The zero-order valence-electron chi connectivity index (χ0n) is 55.7. The van der Waals surface area contributed by atoms with Gasteiger partial charge in [-0.15, -0.1) is 0 Å². The lowest BCUT2D eigenvalue weighted by Gasteiger charge is -2.60. The van der Waals surface area contributed by atoms with Gasteiger partial charge in [-0.2, -0.15) is 8.42 Å². The second-order valence-corrected chi connectivity index (χ2v) is 31.2. The molecule has 7 aliphatic heterocycles. The van der Waals surface area contributed by atoms with Gasteiger partial charge in [0.05, 0.1) is 62.0 Å². The summed E-state index contributed by atoms with van der Waals surface area (Å²) in [6.45, 7) is 14.1. The van der Waals surface area contributed by atoms with E-state index in [1.54, 1.807) is 0 Å². The summed E-state index contributed by atoms with van der Waals surface area (Å²) in [5.41, 5.74) is -1.05. The van der Waals surface area contributed by atoms with Crippen LogP contribution in [0.2, 0.25) is 0 Å². The molecule has 3 saturated carbocycles. The summed E-state index contributed by atoms with van der Waals surface area (Å²) in [5.74, 6) is -0.224. The van der Waals surface area contributed by atoms with E-state index < -0.39 is 243 Å². The molecule has 97 heavy (non-hydrogen) atoms. The van der Waals surface area contributed by atoms with E-state index in [0.29, 0.717) is 31.6 Å². The highest BCUT2D eigenvalue weighted by molar-refractivity contribution is 7.80. The number of aliphatic hydroxyl groups excluding tert-OH is 15. The van der Waals surface area contributed by atoms with Crippen LogP contribution in [0.15, 0.2) is 11.6 Å². The fourth-order valence-corrected chi connectivity index (χ4v) is 18.2. The summed E-state index contributed by atoms with van der Waals surface area (Å²) in [6.07, 6.45) is -49.1. The van der Waals surface area contributed by atoms with Gasteiger partial charge in [-0.1, -0.05) is 46.3 Å². The molecule has 0 radical (unpaired) electrons. The average Bonchev–Trinajstić information content (AvgIpc) is 1.67. The van der Waals surface area contributed by atoms with Crippen molar-refractivity contribution in [2.45, 2.75) is 315 Å². The van der Waals surface area contributed by atoms with E-state index in [1.807, 2.05) is 6.92 Å². The molecular formula is C63H104O33S. The van der Waals surface area contributed by atoms with E-state index in [0.717, 1.165) is 6.42 Å². The van der Waals surface area contributed by atoms with Gasteiger partial charge in [0.1, 0.15) is 128 Å². The molecule has 7 saturated heterocycles. The van der Waals surface area contributed by atoms with Gasteiger partial charge in [0.2, 0.25) is 0 Å². The van der Waals surface area contributed by atoms with Gasteiger partial charge < -0.3 is 143 Å². The molecular weight excluding hydrogens is 1320 g/mol. The molecule has 0 bridgehead atoms. The van der Waals surface area contributed by atoms with Gasteiger partial charge in [0, 0.05) is 0 Å². The van der Waals surface area contributed by atoms with Crippen LogP contribution in [0.5, 0.6) is 0 Å². The maximum Gasteiger partial charge on any atom is 0.397 e. The molecule has 4 aliphatic carbocycles. The van der Waals surface area contributed by atoms with Crippen molar-refractivity contribution in [3.63, 3.8) is 0 Å². The molecule has 0 aromatic carbocycles. The van der Waals surface area contributed by atoms with Crippen molar-refractivity contribution in [1.82, 2.24) is 0 Å². The third-order valence-electron chi connectivity index (χ3n) is 23.8. The Kier molecular flexibility index (Phi) is 23.2. The molecule has 17 N–H and O–H groups in total. The van der Waals surface area contributed by atoms with E-state index in [2.05, 4.69) is 40.7 Å². The molecule has 10 fully saturated rings. The number of rotatable bonds is 20. The fraction of sp³-hybridized carbons (Fsp3) is 0.968. The van der Waals surface area contributed by atoms with Gasteiger partial charge >= 0.3 is 10.4 Å². The molecule has 0 spiro atoms. The number of hydrogen-bond acceptors (Lipinski definition) is 32. The third-order valence-corrected chi connectivity index (χ3v) is 24.4.